The lowest BCUT2D eigenvalue weighted by Crippen LogP contribution is -2.15. The van der Waals surface area contributed by atoms with Gasteiger partial charge in [0.2, 0.25) is 5.91 Å². The van der Waals surface area contributed by atoms with Crippen LogP contribution in [0.5, 0.6) is 5.75 Å². The van der Waals surface area contributed by atoms with Crippen molar-refractivity contribution in [3.05, 3.63) is 65.7 Å². The summed E-state index contributed by atoms with van der Waals surface area (Å²) in [4.78, 5) is 12.2. The largest absolute Gasteiger partial charge is 0.483 e. The van der Waals surface area contributed by atoms with Crippen LogP contribution in [-0.4, -0.2) is 26.4 Å². The molecule has 6 nitrogen and oxygen atoms in total. The molecule has 1 heterocycles. The summed E-state index contributed by atoms with van der Waals surface area (Å²) in [7, 11) is 0. The van der Waals surface area contributed by atoms with E-state index < -0.39 is 5.82 Å². The summed E-state index contributed by atoms with van der Waals surface area (Å²) in [5, 5.41) is 11.7. The van der Waals surface area contributed by atoms with Crippen molar-refractivity contribution in [2.75, 3.05) is 11.1 Å². The Morgan fingerprint density at radius 3 is 2.79 bits per heavy atom. The third-order valence-electron chi connectivity index (χ3n) is 3.94. The lowest BCUT2D eigenvalue weighted by atomic mass is 10.2. The quantitative estimate of drug-likeness (QED) is 0.578. The molecule has 1 aromatic heterocycles. The number of amides is 1. The van der Waals surface area contributed by atoms with Crippen molar-refractivity contribution in [3.63, 3.8) is 0 Å². The molecule has 0 aliphatic heterocycles. The number of thioether (sulfide) groups is 1. The standard InChI is InChI=1S/C20H21FN4O2S/c1-3-25-18(12-27-17-10-5-4-9-16(17)21)23-24-20(25)28-13-19(26)22-15-8-6-7-14(2)11-15/h4-11H,3,12-13H2,1-2H3,(H,22,26). The molecule has 28 heavy (non-hydrogen) atoms. The van der Waals surface area contributed by atoms with Crippen molar-refractivity contribution in [2.45, 2.75) is 32.2 Å². The minimum absolute atomic E-state index is 0.0951. The van der Waals surface area contributed by atoms with Gasteiger partial charge in [-0.2, -0.15) is 0 Å². The number of rotatable bonds is 8. The number of hydrogen-bond acceptors (Lipinski definition) is 5. The Kier molecular flexibility index (Phi) is 6.65. The van der Waals surface area contributed by atoms with E-state index in [0.29, 0.717) is 17.5 Å². The molecule has 8 heteroatoms. The van der Waals surface area contributed by atoms with Gasteiger partial charge in [0.05, 0.1) is 5.75 Å². The Bertz CT molecular complexity index is 961. The van der Waals surface area contributed by atoms with Crippen molar-refractivity contribution in [3.8, 4) is 5.75 Å². The predicted molar refractivity (Wildman–Crippen MR) is 107 cm³/mol. The number of carbonyl (C=O) groups excluding carboxylic acids is 1. The van der Waals surface area contributed by atoms with Crippen LogP contribution >= 0.6 is 11.8 Å². The van der Waals surface area contributed by atoms with Gasteiger partial charge in [0.15, 0.2) is 22.5 Å². The van der Waals surface area contributed by atoms with E-state index in [1.165, 1.54) is 17.8 Å². The number of para-hydroxylation sites is 1. The molecule has 0 saturated heterocycles. The number of benzene rings is 2. The van der Waals surface area contributed by atoms with Crippen LogP contribution in [0.1, 0.15) is 18.3 Å². The van der Waals surface area contributed by atoms with Gasteiger partial charge < -0.3 is 14.6 Å². The molecule has 0 fully saturated rings. The van der Waals surface area contributed by atoms with E-state index >= 15 is 0 Å². The van der Waals surface area contributed by atoms with E-state index in [9.17, 15) is 9.18 Å². The lowest BCUT2D eigenvalue weighted by Gasteiger charge is -2.09. The zero-order valence-electron chi connectivity index (χ0n) is 15.7. The molecule has 0 atom stereocenters. The van der Waals surface area contributed by atoms with Crippen molar-refractivity contribution >= 4 is 23.4 Å². The molecule has 0 spiro atoms. The summed E-state index contributed by atoms with van der Waals surface area (Å²) < 4.78 is 21.0. The third-order valence-corrected chi connectivity index (χ3v) is 4.90. The second-order valence-electron chi connectivity index (χ2n) is 6.07. The molecule has 0 saturated carbocycles. The zero-order valence-corrected chi connectivity index (χ0v) is 16.5. The molecule has 0 radical (unpaired) electrons. The van der Waals surface area contributed by atoms with E-state index in [4.69, 9.17) is 4.74 Å². The first-order valence-electron chi connectivity index (χ1n) is 8.85. The number of nitrogens with zero attached hydrogens (tertiary/aromatic N) is 3. The highest BCUT2D eigenvalue weighted by Crippen LogP contribution is 2.20. The number of anilines is 1. The Morgan fingerprint density at radius 2 is 2.04 bits per heavy atom. The normalized spacial score (nSPS) is 10.7. The highest BCUT2D eigenvalue weighted by Gasteiger charge is 2.14. The third kappa shape index (κ3) is 5.10. The smallest absolute Gasteiger partial charge is 0.234 e. The second-order valence-corrected chi connectivity index (χ2v) is 7.01. The molecule has 0 aliphatic carbocycles. The average Bonchev–Trinajstić information content (AvgIpc) is 3.07. The van der Waals surface area contributed by atoms with Crippen molar-refractivity contribution in [2.24, 2.45) is 0 Å². The maximum absolute atomic E-state index is 13.7. The Balaban J connectivity index is 1.58. The zero-order chi connectivity index (χ0) is 19.9. The Labute approximate surface area is 167 Å². The monoisotopic (exact) mass is 400 g/mol. The highest BCUT2D eigenvalue weighted by molar-refractivity contribution is 7.99. The fraction of sp³-hybridized carbons (Fsp3) is 0.250. The first-order valence-corrected chi connectivity index (χ1v) is 9.84. The first-order chi connectivity index (χ1) is 13.6. The maximum Gasteiger partial charge on any atom is 0.234 e. The molecule has 2 aromatic carbocycles. The van der Waals surface area contributed by atoms with E-state index in [1.807, 2.05) is 42.7 Å². The van der Waals surface area contributed by atoms with Gasteiger partial charge >= 0.3 is 0 Å². The second kappa shape index (κ2) is 9.36. The number of halogens is 1. The van der Waals surface area contributed by atoms with Gasteiger partial charge in [0, 0.05) is 12.2 Å². The van der Waals surface area contributed by atoms with Gasteiger partial charge in [-0.25, -0.2) is 4.39 Å². The van der Waals surface area contributed by atoms with Gasteiger partial charge in [0.25, 0.3) is 0 Å². The van der Waals surface area contributed by atoms with Crippen LogP contribution in [0.3, 0.4) is 0 Å². The topological polar surface area (TPSA) is 69.0 Å². The summed E-state index contributed by atoms with van der Waals surface area (Å²) in [6.45, 7) is 4.63. The molecular weight excluding hydrogens is 379 g/mol. The van der Waals surface area contributed by atoms with E-state index in [1.54, 1.807) is 18.2 Å². The fourth-order valence-electron chi connectivity index (χ4n) is 2.60. The van der Waals surface area contributed by atoms with Crippen LogP contribution in [0.2, 0.25) is 0 Å². The minimum Gasteiger partial charge on any atom is -0.483 e. The summed E-state index contributed by atoms with van der Waals surface area (Å²) in [5.41, 5.74) is 1.84. The first kappa shape index (κ1) is 19.9. The molecule has 1 amide bonds. The number of hydrogen-bond donors (Lipinski definition) is 1. The van der Waals surface area contributed by atoms with E-state index in [2.05, 4.69) is 15.5 Å². The van der Waals surface area contributed by atoms with Crippen LogP contribution in [-0.2, 0) is 17.9 Å². The summed E-state index contributed by atoms with van der Waals surface area (Å²) in [6, 6.07) is 13.8. The van der Waals surface area contributed by atoms with Gasteiger partial charge in [-0.15, -0.1) is 10.2 Å². The van der Waals surface area contributed by atoms with E-state index in [0.717, 1.165) is 11.3 Å². The van der Waals surface area contributed by atoms with Crippen LogP contribution in [0, 0.1) is 12.7 Å². The number of carbonyl (C=O) groups is 1. The number of aromatic nitrogens is 3. The van der Waals surface area contributed by atoms with E-state index in [-0.39, 0.29) is 24.0 Å². The molecule has 3 aromatic rings. The Hall–Kier alpha value is -2.87. The molecule has 0 bridgehead atoms. The molecule has 146 valence electrons. The maximum atomic E-state index is 13.7. The van der Waals surface area contributed by atoms with Crippen molar-refractivity contribution in [1.29, 1.82) is 0 Å². The summed E-state index contributed by atoms with van der Waals surface area (Å²) in [6.07, 6.45) is 0. The number of aryl methyl sites for hydroxylation is 1. The van der Waals surface area contributed by atoms with Crippen LogP contribution in [0.15, 0.2) is 53.7 Å². The SMILES string of the molecule is CCn1c(COc2ccccc2F)nnc1SCC(=O)Nc1cccc(C)c1. The minimum atomic E-state index is -0.424. The number of ether oxygens (including phenoxy) is 1. The highest BCUT2D eigenvalue weighted by atomic mass is 32.2. The molecule has 0 unspecified atom stereocenters. The Morgan fingerprint density at radius 1 is 1.21 bits per heavy atom. The lowest BCUT2D eigenvalue weighted by molar-refractivity contribution is -0.113. The van der Waals surface area contributed by atoms with Gasteiger partial charge in [0.1, 0.15) is 6.61 Å². The fourth-order valence-corrected chi connectivity index (χ4v) is 3.43. The van der Waals surface area contributed by atoms with Crippen LogP contribution in [0.25, 0.3) is 0 Å². The average molecular weight is 400 g/mol. The van der Waals surface area contributed by atoms with Gasteiger partial charge in [-0.1, -0.05) is 36.0 Å². The van der Waals surface area contributed by atoms with Crippen LogP contribution < -0.4 is 10.1 Å². The molecule has 0 aliphatic rings. The summed E-state index contributed by atoms with van der Waals surface area (Å²) >= 11 is 1.30. The molecular formula is C20H21FN4O2S. The van der Waals surface area contributed by atoms with Gasteiger partial charge in [-0.05, 0) is 43.7 Å². The summed E-state index contributed by atoms with van der Waals surface area (Å²) in [5.74, 6) is 0.408. The van der Waals surface area contributed by atoms with Gasteiger partial charge in [-0.3, -0.25) is 4.79 Å². The predicted octanol–water partition coefficient (Wildman–Crippen LogP) is 4.06. The molecule has 1 N–H and O–H groups in total. The van der Waals surface area contributed by atoms with Crippen molar-refractivity contribution < 1.29 is 13.9 Å². The number of nitrogens with one attached hydrogen (secondary N) is 1. The molecule has 3 rings (SSSR count). The van der Waals surface area contributed by atoms with Crippen molar-refractivity contribution in [1.82, 2.24) is 14.8 Å². The van der Waals surface area contributed by atoms with Crippen LogP contribution in [0.4, 0.5) is 10.1 Å².